The van der Waals surface area contributed by atoms with Crippen molar-refractivity contribution in [3.63, 3.8) is 0 Å². The molecule has 2 aromatic rings. The summed E-state index contributed by atoms with van der Waals surface area (Å²) in [6, 6.07) is 4.28. The molecule has 3 rings (SSSR count). The van der Waals surface area contributed by atoms with Crippen LogP contribution in [0.2, 0.25) is 5.02 Å². The average molecular weight is 296 g/mol. The molecule has 0 spiro atoms. The molecule has 19 heavy (non-hydrogen) atoms. The molecular formula is C13H14ClN3OS. The van der Waals surface area contributed by atoms with Gasteiger partial charge in [-0.05, 0) is 24.3 Å². The number of aryl methyl sites for hydroxylation is 1. The molecule has 1 amide bonds. The van der Waals surface area contributed by atoms with E-state index >= 15 is 0 Å². The number of rotatable bonds is 2. The Morgan fingerprint density at radius 1 is 1.58 bits per heavy atom. The summed E-state index contributed by atoms with van der Waals surface area (Å²) < 4.78 is 1.58. The highest BCUT2D eigenvalue weighted by Crippen LogP contribution is 2.35. The fraction of sp³-hybridized carbons (Fsp3) is 0.385. The van der Waals surface area contributed by atoms with E-state index in [-0.39, 0.29) is 11.9 Å². The summed E-state index contributed by atoms with van der Waals surface area (Å²) in [5.41, 5.74) is 0.354. The molecule has 1 aliphatic heterocycles. The summed E-state index contributed by atoms with van der Waals surface area (Å²) in [7, 11) is 1.77. The Bertz CT molecular complexity index is 593. The zero-order valence-corrected chi connectivity index (χ0v) is 12.1. The lowest BCUT2D eigenvalue weighted by atomic mass is 10.2. The van der Waals surface area contributed by atoms with Crippen LogP contribution in [-0.2, 0) is 7.05 Å². The van der Waals surface area contributed by atoms with Crippen LogP contribution in [0.25, 0.3) is 0 Å². The first-order chi connectivity index (χ1) is 9.16. The Morgan fingerprint density at radius 2 is 2.42 bits per heavy atom. The van der Waals surface area contributed by atoms with Crippen LogP contribution in [0.1, 0.15) is 34.2 Å². The van der Waals surface area contributed by atoms with E-state index in [2.05, 4.69) is 11.2 Å². The van der Waals surface area contributed by atoms with E-state index in [0.29, 0.717) is 10.7 Å². The first-order valence-electron chi connectivity index (χ1n) is 6.20. The minimum Gasteiger partial charge on any atom is -0.329 e. The van der Waals surface area contributed by atoms with Crippen LogP contribution in [0.3, 0.4) is 0 Å². The van der Waals surface area contributed by atoms with Crippen molar-refractivity contribution in [1.29, 1.82) is 0 Å². The lowest BCUT2D eigenvalue weighted by Crippen LogP contribution is -2.30. The van der Waals surface area contributed by atoms with Crippen LogP contribution in [0, 0.1) is 0 Å². The quantitative estimate of drug-likeness (QED) is 0.854. The summed E-state index contributed by atoms with van der Waals surface area (Å²) in [6.07, 6.45) is 3.69. The Kier molecular flexibility index (Phi) is 3.33. The standard InChI is InChI=1S/C13H14ClN3OS/c1-16-8-9(14)12(15-16)13(18)17-6-2-4-10(17)11-5-3-7-19-11/h3,5,7-8,10H,2,4,6H2,1H3/t10-/m0/s1. The zero-order chi connectivity index (χ0) is 13.4. The molecule has 100 valence electrons. The maximum absolute atomic E-state index is 12.6. The van der Waals surface area contributed by atoms with Crippen molar-refractivity contribution in [3.05, 3.63) is 39.3 Å². The minimum atomic E-state index is -0.0681. The van der Waals surface area contributed by atoms with Gasteiger partial charge in [-0.1, -0.05) is 17.7 Å². The molecular weight excluding hydrogens is 282 g/mol. The number of carbonyl (C=O) groups is 1. The minimum absolute atomic E-state index is 0.0681. The van der Waals surface area contributed by atoms with Gasteiger partial charge in [-0.3, -0.25) is 9.48 Å². The third-order valence-corrected chi connectivity index (χ3v) is 4.62. The molecule has 0 unspecified atom stereocenters. The molecule has 4 nitrogen and oxygen atoms in total. The molecule has 3 heterocycles. The molecule has 1 atom stereocenters. The van der Waals surface area contributed by atoms with Gasteiger partial charge in [0.15, 0.2) is 5.69 Å². The van der Waals surface area contributed by atoms with E-state index in [4.69, 9.17) is 11.6 Å². The van der Waals surface area contributed by atoms with E-state index in [0.717, 1.165) is 19.4 Å². The highest BCUT2D eigenvalue weighted by Gasteiger charge is 2.33. The van der Waals surface area contributed by atoms with Gasteiger partial charge >= 0.3 is 0 Å². The van der Waals surface area contributed by atoms with Gasteiger partial charge in [-0.25, -0.2) is 0 Å². The summed E-state index contributed by atoms with van der Waals surface area (Å²) in [5.74, 6) is -0.0681. The maximum atomic E-state index is 12.6. The number of carbonyl (C=O) groups excluding carboxylic acids is 1. The SMILES string of the molecule is Cn1cc(Cl)c(C(=O)N2CCC[C@H]2c2cccs2)n1. The van der Waals surface area contributed by atoms with Crippen molar-refractivity contribution >= 4 is 28.8 Å². The molecule has 0 radical (unpaired) electrons. The Labute approximate surface area is 120 Å². The van der Waals surface area contributed by atoms with Gasteiger partial charge in [0.1, 0.15) is 0 Å². The van der Waals surface area contributed by atoms with Gasteiger partial charge in [0, 0.05) is 24.7 Å². The van der Waals surface area contributed by atoms with E-state index < -0.39 is 0 Å². The number of hydrogen-bond donors (Lipinski definition) is 0. The summed E-state index contributed by atoms with van der Waals surface area (Å²) >= 11 is 7.76. The third kappa shape index (κ3) is 2.28. The van der Waals surface area contributed by atoms with Crippen LogP contribution in [0.15, 0.2) is 23.7 Å². The Hall–Kier alpha value is -1.33. The maximum Gasteiger partial charge on any atom is 0.276 e. The van der Waals surface area contributed by atoms with Crippen LogP contribution in [-0.4, -0.2) is 27.1 Å². The van der Waals surface area contributed by atoms with Crippen molar-refractivity contribution < 1.29 is 4.79 Å². The number of nitrogens with zero attached hydrogens (tertiary/aromatic N) is 3. The third-order valence-electron chi connectivity index (χ3n) is 3.37. The van der Waals surface area contributed by atoms with Crippen molar-refractivity contribution in [1.82, 2.24) is 14.7 Å². The second-order valence-electron chi connectivity index (χ2n) is 4.67. The number of likely N-dealkylation sites (tertiary alicyclic amines) is 1. The zero-order valence-electron chi connectivity index (χ0n) is 10.5. The first-order valence-corrected chi connectivity index (χ1v) is 7.46. The predicted molar refractivity (Wildman–Crippen MR) is 75.5 cm³/mol. The molecule has 0 bridgehead atoms. The number of hydrogen-bond acceptors (Lipinski definition) is 3. The number of amides is 1. The van der Waals surface area contributed by atoms with Gasteiger partial charge < -0.3 is 4.90 Å². The molecule has 0 aliphatic carbocycles. The van der Waals surface area contributed by atoms with Gasteiger partial charge in [-0.15, -0.1) is 11.3 Å². The predicted octanol–water partition coefficient (Wildman–Crippen LogP) is 3.11. The summed E-state index contributed by atoms with van der Waals surface area (Å²) in [6.45, 7) is 0.772. The van der Waals surface area contributed by atoms with E-state index in [1.165, 1.54) is 4.88 Å². The lowest BCUT2D eigenvalue weighted by Gasteiger charge is -2.23. The first kappa shape index (κ1) is 12.7. The Morgan fingerprint density at radius 3 is 3.05 bits per heavy atom. The van der Waals surface area contributed by atoms with Crippen molar-refractivity contribution in [2.45, 2.75) is 18.9 Å². The second-order valence-corrected chi connectivity index (χ2v) is 6.06. The monoisotopic (exact) mass is 295 g/mol. The fourth-order valence-corrected chi connectivity index (χ4v) is 3.66. The second kappa shape index (κ2) is 4.98. The molecule has 2 aromatic heterocycles. The summed E-state index contributed by atoms with van der Waals surface area (Å²) in [5, 5.41) is 6.63. The van der Waals surface area contributed by atoms with Gasteiger partial charge in [0.25, 0.3) is 5.91 Å². The lowest BCUT2D eigenvalue weighted by molar-refractivity contribution is 0.0731. The van der Waals surface area contributed by atoms with Crippen molar-refractivity contribution in [3.8, 4) is 0 Å². The van der Waals surface area contributed by atoms with Crippen LogP contribution >= 0.6 is 22.9 Å². The largest absolute Gasteiger partial charge is 0.329 e. The van der Waals surface area contributed by atoms with E-state index in [1.54, 1.807) is 29.3 Å². The van der Waals surface area contributed by atoms with Crippen LogP contribution in [0.5, 0.6) is 0 Å². The number of aromatic nitrogens is 2. The van der Waals surface area contributed by atoms with Gasteiger partial charge in [0.05, 0.1) is 11.1 Å². The normalized spacial score (nSPS) is 19.1. The fourth-order valence-electron chi connectivity index (χ4n) is 2.53. The summed E-state index contributed by atoms with van der Waals surface area (Å²) in [4.78, 5) is 15.7. The van der Waals surface area contributed by atoms with E-state index in [9.17, 15) is 4.79 Å². The molecule has 0 saturated carbocycles. The number of halogens is 1. The highest BCUT2D eigenvalue weighted by atomic mass is 35.5. The molecule has 0 aromatic carbocycles. The molecule has 1 saturated heterocycles. The highest BCUT2D eigenvalue weighted by molar-refractivity contribution is 7.10. The Balaban J connectivity index is 1.89. The van der Waals surface area contributed by atoms with Crippen molar-refractivity contribution in [2.75, 3.05) is 6.54 Å². The van der Waals surface area contributed by atoms with Crippen molar-refractivity contribution in [2.24, 2.45) is 7.05 Å². The number of thiophene rings is 1. The van der Waals surface area contributed by atoms with Crippen LogP contribution < -0.4 is 0 Å². The topological polar surface area (TPSA) is 38.1 Å². The van der Waals surface area contributed by atoms with Gasteiger partial charge in [0.2, 0.25) is 0 Å². The average Bonchev–Trinajstić information content (AvgIpc) is 3.06. The van der Waals surface area contributed by atoms with Crippen LogP contribution in [0.4, 0.5) is 0 Å². The molecule has 6 heteroatoms. The molecule has 1 fully saturated rings. The van der Waals surface area contributed by atoms with E-state index in [1.807, 2.05) is 16.3 Å². The molecule has 1 aliphatic rings. The van der Waals surface area contributed by atoms with Gasteiger partial charge in [-0.2, -0.15) is 5.10 Å². The smallest absolute Gasteiger partial charge is 0.276 e. The molecule has 0 N–H and O–H groups in total.